The third-order valence-corrected chi connectivity index (χ3v) is 3.74. The molecular weight excluding hydrogens is 254 g/mol. The maximum Gasteiger partial charge on any atom is 0.319 e. The molecule has 1 aromatic carbocycles. The van der Waals surface area contributed by atoms with Gasteiger partial charge in [-0.3, -0.25) is 0 Å². The molecule has 1 aromatic rings. The molecule has 3 N–H and O–H groups in total. The van der Waals surface area contributed by atoms with Crippen molar-refractivity contribution >= 4 is 11.7 Å². The largest absolute Gasteiger partial charge is 0.379 e. The Labute approximate surface area is 120 Å². The number of hydrogen-bond donors (Lipinski definition) is 3. The molecule has 1 heterocycles. The number of urea groups is 1. The number of rotatable bonds is 4. The SMILES string of the molecule is CNC(C)c1ccc(NC(=O)NC2(C)CCOC2)cc1. The summed E-state index contributed by atoms with van der Waals surface area (Å²) in [6, 6.07) is 7.96. The quantitative estimate of drug-likeness (QED) is 0.791. The Bertz CT molecular complexity index is 453. The summed E-state index contributed by atoms with van der Waals surface area (Å²) in [5, 5.41) is 9.00. The zero-order valence-electron chi connectivity index (χ0n) is 12.3. The Morgan fingerprint density at radius 1 is 1.35 bits per heavy atom. The van der Waals surface area contributed by atoms with Crippen LogP contribution >= 0.6 is 0 Å². The van der Waals surface area contributed by atoms with Gasteiger partial charge in [-0.2, -0.15) is 0 Å². The summed E-state index contributed by atoms with van der Waals surface area (Å²) in [6.45, 7) is 5.36. The first-order valence-electron chi connectivity index (χ1n) is 6.96. The average molecular weight is 277 g/mol. The average Bonchev–Trinajstić information content (AvgIpc) is 2.84. The van der Waals surface area contributed by atoms with Gasteiger partial charge < -0.3 is 20.7 Å². The minimum Gasteiger partial charge on any atom is -0.379 e. The van der Waals surface area contributed by atoms with Gasteiger partial charge in [-0.25, -0.2) is 4.79 Å². The molecule has 5 nitrogen and oxygen atoms in total. The first-order chi connectivity index (χ1) is 9.52. The van der Waals surface area contributed by atoms with Crippen LogP contribution in [0.4, 0.5) is 10.5 Å². The van der Waals surface area contributed by atoms with Crippen LogP contribution in [0.3, 0.4) is 0 Å². The number of amides is 2. The third-order valence-electron chi connectivity index (χ3n) is 3.74. The summed E-state index contributed by atoms with van der Waals surface area (Å²) in [5.74, 6) is 0. The first-order valence-corrected chi connectivity index (χ1v) is 6.96. The van der Waals surface area contributed by atoms with E-state index in [1.807, 2.05) is 38.2 Å². The van der Waals surface area contributed by atoms with Crippen molar-refractivity contribution in [3.05, 3.63) is 29.8 Å². The van der Waals surface area contributed by atoms with Crippen LogP contribution in [0.2, 0.25) is 0 Å². The monoisotopic (exact) mass is 277 g/mol. The second-order valence-corrected chi connectivity index (χ2v) is 5.57. The van der Waals surface area contributed by atoms with Crippen LogP contribution in [-0.4, -0.2) is 31.8 Å². The van der Waals surface area contributed by atoms with E-state index in [0.717, 1.165) is 12.1 Å². The molecule has 0 aromatic heterocycles. The predicted octanol–water partition coefficient (Wildman–Crippen LogP) is 2.27. The van der Waals surface area contributed by atoms with Gasteiger partial charge >= 0.3 is 6.03 Å². The van der Waals surface area contributed by atoms with E-state index in [0.29, 0.717) is 19.3 Å². The minimum absolute atomic E-state index is 0.188. The third kappa shape index (κ3) is 3.71. The highest BCUT2D eigenvalue weighted by Crippen LogP contribution is 2.18. The summed E-state index contributed by atoms with van der Waals surface area (Å²) in [7, 11) is 1.93. The summed E-state index contributed by atoms with van der Waals surface area (Å²) in [6.07, 6.45) is 0.846. The van der Waals surface area contributed by atoms with Gasteiger partial charge in [0, 0.05) is 18.3 Å². The summed E-state index contributed by atoms with van der Waals surface area (Å²) < 4.78 is 5.32. The van der Waals surface area contributed by atoms with Gasteiger partial charge in [0.15, 0.2) is 0 Å². The molecule has 0 saturated carbocycles. The van der Waals surface area contributed by atoms with Crippen LogP contribution in [0, 0.1) is 0 Å². The van der Waals surface area contributed by atoms with Gasteiger partial charge in [0.2, 0.25) is 0 Å². The summed E-state index contributed by atoms with van der Waals surface area (Å²) in [5.41, 5.74) is 1.72. The Kier molecular flexibility index (Phi) is 4.62. The molecule has 1 saturated heterocycles. The van der Waals surface area contributed by atoms with Gasteiger partial charge in [0.05, 0.1) is 12.1 Å². The number of carbonyl (C=O) groups excluding carboxylic acids is 1. The van der Waals surface area contributed by atoms with Crippen molar-refractivity contribution in [3.63, 3.8) is 0 Å². The highest BCUT2D eigenvalue weighted by atomic mass is 16.5. The second kappa shape index (κ2) is 6.24. The highest BCUT2D eigenvalue weighted by Gasteiger charge is 2.31. The molecule has 1 aliphatic rings. The number of hydrogen-bond acceptors (Lipinski definition) is 3. The van der Waals surface area contributed by atoms with Gasteiger partial charge in [-0.05, 0) is 45.0 Å². The molecule has 1 aliphatic heterocycles. The van der Waals surface area contributed by atoms with E-state index in [1.165, 1.54) is 5.56 Å². The van der Waals surface area contributed by atoms with Crippen LogP contribution in [-0.2, 0) is 4.74 Å². The fourth-order valence-electron chi connectivity index (χ4n) is 2.22. The number of carbonyl (C=O) groups is 1. The maximum absolute atomic E-state index is 12.0. The lowest BCUT2D eigenvalue weighted by Crippen LogP contribution is -2.48. The Morgan fingerprint density at radius 3 is 2.60 bits per heavy atom. The standard InChI is InChI=1S/C15H23N3O2/c1-11(16-3)12-4-6-13(7-5-12)17-14(19)18-15(2)8-9-20-10-15/h4-7,11,16H,8-10H2,1-3H3,(H2,17,18,19). The van der Waals surface area contributed by atoms with Crippen LogP contribution in [0.15, 0.2) is 24.3 Å². The molecule has 2 unspecified atom stereocenters. The molecule has 0 bridgehead atoms. The summed E-state index contributed by atoms with van der Waals surface area (Å²) >= 11 is 0. The van der Waals surface area contributed by atoms with Gasteiger partial charge in [0.1, 0.15) is 0 Å². The lowest BCUT2D eigenvalue weighted by molar-refractivity contribution is 0.172. The van der Waals surface area contributed by atoms with Crippen molar-refractivity contribution in [1.82, 2.24) is 10.6 Å². The fourth-order valence-corrected chi connectivity index (χ4v) is 2.22. The molecule has 110 valence electrons. The second-order valence-electron chi connectivity index (χ2n) is 5.57. The molecule has 0 aliphatic carbocycles. The van der Waals surface area contributed by atoms with E-state index < -0.39 is 0 Å². The lowest BCUT2D eigenvalue weighted by Gasteiger charge is -2.23. The van der Waals surface area contributed by atoms with Crippen LogP contribution in [0.1, 0.15) is 31.9 Å². The smallest absolute Gasteiger partial charge is 0.319 e. The molecular formula is C15H23N3O2. The van der Waals surface area contributed by atoms with Crippen LogP contribution < -0.4 is 16.0 Å². The van der Waals surface area contributed by atoms with E-state index >= 15 is 0 Å². The predicted molar refractivity (Wildman–Crippen MR) is 79.9 cm³/mol. The van der Waals surface area contributed by atoms with Crippen molar-refractivity contribution in [2.45, 2.75) is 31.8 Å². The van der Waals surface area contributed by atoms with Gasteiger partial charge in [-0.1, -0.05) is 12.1 Å². The molecule has 5 heteroatoms. The topological polar surface area (TPSA) is 62.4 Å². The number of ether oxygens (including phenoxy) is 1. The van der Waals surface area contributed by atoms with Crippen molar-refractivity contribution < 1.29 is 9.53 Å². The van der Waals surface area contributed by atoms with Gasteiger partial charge in [0.25, 0.3) is 0 Å². The van der Waals surface area contributed by atoms with Crippen molar-refractivity contribution in [1.29, 1.82) is 0 Å². The fraction of sp³-hybridized carbons (Fsp3) is 0.533. The van der Waals surface area contributed by atoms with E-state index in [-0.39, 0.29) is 11.6 Å². The van der Waals surface area contributed by atoms with Crippen LogP contribution in [0.25, 0.3) is 0 Å². The molecule has 2 atom stereocenters. The molecule has 2 amide bonds. The Balaban J connectivity index is 1.91. The van der Waals surface area contributed by atoms with Crippen molar-refractivity contribution in [2.24, 2.45) is 0 Å². The number of nitrogens with one attached hydrogen (secondary N) is 3. The van der Waals surface area contributed by atoms with E-state index in [9.17, 15) is 4.79 Å². The Morgan fingerprint density at radius 2 is 2.05 bits per heavy atom. The minimum atomic E-state index is -0.259. The Hall–Kier alpha value is -1.59. The van der Waals surface area contributed by atoms with Crippen LogP contribution in [0.5, 0.6) is 0 Å². The summed E-state index contributed by atoms with van der Waals surface area (Å²) in [4.78, 5) is 12.0. The number of anilines is 1. The number of benzene rings is 1. The van der Waals surface area contributed by atoms with Gasteiger partial charge in [-0.15, -0.1) is 0 Å². The normalized spacial score (nSPS) is 23.4. The van der Waals surface area contributed by atoms with E-state index in [4.69, 9.17) is 4.74 Å². The molecule has 0 radical (unpaired) electrons. The molecule has 0 spiro atoms. The van der Waals surface area contributed by atoms with Crippen molar-refractivity contribution in [3.8, 4) is 0 Å². The maximum atomic E-state index is 12.0. The highest BCUT2D eigenvalue weighted by molar-refractivity contribution is 5.89. The van der Waals surface area contributed by atoms with Crippen molar-refractivity contribution in [2.75, 3.05) is 25.6 Å². The molecule has 2 rings (SSSR count). The molecule has 20 heavy (non-hydrogen) atoms. The zero-order valence-corrected chi connectivity index (χ0v) is 12.3. The zero-order chi connectivity index (χ0) is 14.6. The van der Waals surface area contributed by atoms with E-state index in [1.54, 1.807) is 0 Å². The van der Waals surface area contributed by atoms with E-state index in [2.05, 4.69) is 22.9 Å². The molecule has 1 fully saturated rings. The first kappa shape index (κ1) is 14.8. The lowest BCUT2D eigenvalue weighted by atomic mass is 10.0.